The second kappa shape index (κ2) is 10.0. The molecule has 10 heteroatoms. The summed E-state index contributed by atoms with van der Waals surface area (Å²) >= 11 is 0. The molecule has 10 nitrogen and oxygen atoms in total. The van der Waals surface area contributed by atoms with E-state index in [0.717, 1.165) is 63.7 Å². The van der Waals surface area contributed by atoms with Gasteiger partial charge in [-0.2, -0.15) is 10.2 Å². The lowest BCUT2D eigenvalue weighted by Gasteiger charge is -2.24. The van der Waals surface area contributed by atoms with E-state index in [2.05, 4.69) is 30.8 Å². The van der Waals surface area contributed by atoms with Gasteiger partial charge in [-0.05, 0) is 64.5 Å². The summed E-state index contributed by atoms with van der Waals surface area (Å²) in [5, 5.41) is 25.7. The van der Waals surface area contributed by atoms with Crippen LogP contribution in [0, 0.1) is 6.57 Å². The maximum atomic E-state index is 7.58. The lowest BCUT2D eigenvalue weighted by molar-refractivity contribution is 0.298. The fourth-order valence-electron chi connectivity index (χ4n) is 5.38. The summed E-state index contributed by atoms with van der Waals surface area (Å²) in [6, 6.07) is 0. The van der Waals surface area contributed by atoms with Crippen LogP contribution in [0.15, 0.2) is 16.4 Å². The Kier molecular flexibility index (Phi) is 6.69. The molecule has 33 heavy (non-hydrogen) atoms. The molecule has 1 aliphatic carbocycles. The van der Waals surface area contributed by atoms with Crippen LogP contribution in [0.4, 0.5) is 23.0 Å². The summed E-state index contributed by atoms with van der Waals surface area (Å²) in [6.45, 7) is 9.49. The molecule has 2 aromatic heterocycles. The summed E-state index contributed by atoms with van der Waals surface area (Å²) in [4.78, 5) is 3.63. The van der Waals surface area contributed by atoms with Crippen molar-refractivity contribution < 1.29 is 0 Å². The Balaban J connectivity index is 1.51. The molecule has 4 N–H and O–H groups in total. The number of hydrogen-bond acceptors (Lipinski definition) is 7. The van der Waals surface area contributed by atoms with Crippen LogP contribution < -0.4 is 16.4 Å². The molecule has 0 amide bonds. The molecule has 0 bridgehead atoms. The summed E-state index contributed by atoms with van der Waals surface area (Å²) in [7, 11) is 0. The van der Waals surface area contributed by atoms with E-state index < -0.39 is 0 Å². The number of nitrogens with two attached hydrogens (primary N) is 1. The Morgan fingerprint density at radius 2 is 1.58 bits per heavy atom. The van der Waals surface area contributed by atoms with E-state index in [4.69, 9.17) is 17.4 Å². The van der Waals surface area contributed by atoms with Crippen molar-refractivity contribution >= 4 is 23.0 Å². The normalized spacial score (nSPS) is 24.8. The fourth-order valence-corrected chi connectivity index (χ4v) is 5.38. The van der Waals surface area contributed by atoms with Crippen molar-refractivity contribution in [3.05, 3.63) is 23.3 Å². The summed E-state index contributed by atoms with van der Waals surface area (Å²) in [5.74, 6) is 1.40. The van der Waals surface area contributed by atoms with Crippen molar-refractivity contribution in [2.75, 3.05) is 18.8 Å². The van der Waals surface area contributed by atoms with Gasteiger partial charge in [0.1, 0.15) is 12.3 Å². The smallest absolute Gasteiger partial charge is 0.251 e. The molecule has 176 valence electrons. The largest absolute Gasteiger partial charge is 0.382 e. The molecule has 4 heterocycles. The highest BCUT2D eigenvalue weighted by atomic mass is 15.4. The standard InChI is InChI=1S/C23H34N10/c1-25-17-15-28-33(19-12-6-8-14-27-19)23(17)30-29-21-20(16-9-3-2-4-10-16)31-32(22(21)24)18-11-5-7-13-26-18/h15-16,18-19,26-27H,2-14,24H2. The molecule has 2 aromatic rings. The van der Waals surface area contributed by atoms with E-state index in [0.29, 0.717) is 28.9 Å². The number of piperidine rings is 2. The van der Waals surface area contributed by atoms with Gasteiger partial charge in [-0.3, -0.25) is 10.6 Å². The maximum absolute atomic E-state index is 7.58. The molecule has 0 aromatic carbocycles. The topological polar surface area (TPSA) is 115 Å². The molecule has 0 spiro atoms. The minimum absolute atomic E-state index is 0.0347. The monoisotopic (exact) mass is 450 g/mol. The Morgan fingerprint density at radius 1 is 0.909 bits per heavy atom. The number of nitrogen functional groups attached to an aromatic ring is 1. The van der Waals surface area contributed by atoms with Crippen molar-refractivity contribution in [1.29, 1.82) is 0 Å². The van der Waals surface area contributed by atoms with Gasteiger partial charge in [0.15, 0.2) is 17.3 Å². The van der Waals surface area contributed by atoms with Crippen LogP contribution in [0.1, 0.15) is 94.6 Å². The van der Waals surface area contributed by atoms with Crippen molar-refractivity contribution in [2.45, 2.75) is 88.9 Å². The van der Waals surface area contributed by atoms with Gasteiger partial charge in [0.2, 0.25) is 0 Å². The molecule has 3 aliphatic rings. The highest BCUT2D eigenvalue weighted by Gasteiger charge is 2.29. The minimum Gasteiger partial charge on any atom is -0.382 e. The number of aromatic nitrogens is 4. The first-order chi connectivity index (χ1) is 16.3. The number of nitrogens with one attached hydrogen (secondary N) is 2. The number of nitrogens with zero attached hydrogens (tertiary/aromatic N) is 7. The average Bonchev–Trinajstić information content (AvgIpc) is 3.44. The molecule has 3 fully saturated rings. The fraction of sp³-hybridized carbons (Fsp3) is 0.696. The maximum Gasteiger partial charge on any atom is 0.251 e. The zero-order valence-corrected chi connectivity index (χ0v) is 19.2. The molecule has 5 rings (SSSR count). The Hall–Kier alpha value is -2.77. The zero-order valence-electron chi connectivity index (χ0n) is 19.2. The van der Waals surface area contributed by atoms with E-state index in [9.17, 15) is 0 Å². The van der Waals surface area contributed by atoms with Gasteiger partial charge in [-0.1, -0.05) is 19.3 Å². The van der Waals surface area contributed by atoms with Gasteiger partial charge in [-0.25, -0.2) is 14.2 Å². The highest BCUT2D eigenvalue weighted by molar-refractivity contribution is 5.65. The quantitative estimate of drug-likeness (QED) is 0.427. The summed E-state index contributed by atoms with van der Waals surface area (Å²) < 4.78 is 3.73. The van der Waals surface area contributed by atoms with E-state index in [-0.39, 0.29) is 12.3 Å². The molecular formula is C23H34N10. The van der Waals surface area contributed by atoms with E-state index in [1.165, 1.54) is 25.7 Å². The van der Waals surface area contributed by atoms with Gasteiger partial charge >= 0.3 is 0 Å². The number of rotatable bonds is 5. The van der Waals surface area contributed by atoms with Crippen LogP contribution >= 0.6 is 0 Å². The number of anilines is 1. The minimum atomic E-state index is 0.0347. The van der Waals surface area contributed by atoms with Gasteiger partial charge in [0.05, 0.1) is 18.5 Å². The van der Waals surface area contributed by atoms with Crippen LogP contribution in [-0.4, -0.2) is 32.7 Å². The number of hydrogen-bond donors (Lipinski definition) is 3. The molecule has 2 unspecified atom stereocenters. The van der Waals surface area contributed by atoms with E-state index in [1.54, 1.807) is 10.9 Å². The Bertz CT molecular complexity index is 1010. The Labute approximate surface area is 194 Å². The van der Waals surface area contributed by atoms with Gasteiger partial charge < -0.3 is 5.73 Å². The van der Waals surface area contributed by atoms with E-state index >= 15 is 0 Å². The molecule has 1 saturated carbocycles. The molecule has 2 atom stereocenters. The van der Waals surface area contributed by atoms with Crippen LogP contribution in [0.3, 0.4) is 0 Å². The first kappa shape index (κ1) is 22.0. The predicted molar refractivity (Wildman–Crippen MR) is 127 cm³/mol. The van der Waals surface area contributed by atoms with E-state index in [1.807, 2.05) is 4.68 Å². The summed E-state index contributed by atoms with van der Waals surface area (Å²) in [5.41, 5.74) is 8.67. The molecule has 2 aliphatic heterocycles. The van der Waals surface area contributed by atoms with Crippen molar-refractivity contribution in [2.24, 2.45) is 10.2 Å². The SMILES string of the molecule is [C-]#[N+]c1cnn(C2CCCCN2)c1N=Nc1c(C2CCCCC2)nn(C2CCCCN2)c1N. The number of azo groups is 1. The highest BCUT2D eigenvalue weighted by Crippen LogP contribution is 2.42. The van der Waals surface area contributed by atoms with Gasteiger partial charge in [0, 0.05) is 5.92 Å². The zero-order chi connectivity index (χ0) is 22.6. The second-order valence-corrected chi connectivity index (χ2v) is 9.44. The van der Waals surface area contributed by atoms with Crippen molar-refractivity contribution in [1.82, 2.24) is 30.2 Å². The van der Waals surface area contributed by atoms with Crippen LogP contribution in [0.5, 0.6) is 0 Å². The molecule has 2 saturated heterocycles. The van der Waals surface area contributed by atoms with Crippen LogP contribution in [0.2, 0.25) is 0 Å². The van der Waals surface area contributed by atoms with Crippen LogP contribution in [0.25, 0.3) is 4.85 Å². The molecular weight excluding hydrogens is 416 g/mol. The van der Waals surface area contributed by atoms with Crippen molar-refractivity contribution in [3.8, 4) is 0 Å². The lowest BCUT2D eigenvalue weighted by Crippen LogP contribution is -2.32. The average molecular weight is 451 g/mol. The summed E-state index contributed by atoms with van der Waals surface area (Å²) in [6.07, 6.45) is 14.2. The Morgan fingerprint density at radius 3 is 2.21 bits per heavy atom. The van der Waals surface area contributed by atoms with Gasteiger partial charge in [0.25, 0.3) is 5.69 Å². The predicted octanol–water partition coefficient (Wildman–Crippen LogP) is 5.22. The first-order valence-corrected chi connectivity index (χ1v) is 12.5. The third-order valence-corrected chi connectivity index (χ3v) is 7.21. The van der Waals surface area contributed by atoms with Gasteiger partial charge in [-0.15, -0.1) is 10.2 Å². The second-order valence-electron chi connectivity index (χ2n) is 9.44. The third kappa shape index (κ3) is 4.52. The third-order valence-electron chi connectivity index (χ3n) is 7.21. The lowest BCUT2D eigenvalue weighted by atomic mass is 9.86. The first-order valence-electron chi connectivity index (χ1n) is 12.5. The van der Waals surface area contributed by atoms with Crippen LogP contribution in [-0.2, 0) is 0 Å². The van der Waals surface area contributed by atoms with Crippen molar-refractivity contribution in [3.63, 3.8) is 0 Å². The molecule has 0 radical (unpaired) electrons.